The van der Waals surface area contributed by atoms with Crippen molar-refractivity contribution in [2.24, 2.45) is 0 Å². The summed E-state index contributed by atoms with van der Waals surface area (Å²) < 4.78 is 16.0. The van der Waals surface area contributed by atoms with Gasteiger partial charge in [-0.1, -0.05) is 159 Å². The number of fused-ring (bicyclic) bond motifs is 14. The third kappa shape index (κ3) is 8.28. The molecule has 2 aromatic heterocycles. The Bertz CT molecular complexity index is 3600. The van der Waals surface area contributed by atoms with Crippen LogP contribution in [0.1, 0.15) is 35.1 Å². The average molecular weight is 1070 g/mol. The van der Waals surface area contributed by atoms with E-state index in [0.29, 0.717) is 0 Å². The maximum Gasteiger partial charge on any atom is 0.494 e. The van der Waals surface area contributed by atoms with Crippen LogP contribution in [0.25, 0.3) is 95.6 Å². The Labute approximate surface area is 418 Å². The lowest BCUT2D eigenvalue weighted by Crippen LogP contribution is -3.00. The van der Waals surface area contributed by atoms with Crippen LogP contribution in [0.2, 0.25) is 0 Å². The molecule has 13 rings (SSSR count). The second-order valence-electron chi connectivity index (χ2n) is 17.3. The summed E-state index contributed by atoms with van der Waals surface area (Å²) in [4.78, 5) is 9.10. The molecule has 326 valence electrons. The van der Waals surface area contributed by atoms with Gasteiger partial charge in [0.25, 0.3) is 0 Å². The van der Waals surface area contributed by atoms with E-state index in [1.54, 1.807) is 22.7 Å². The van der Waals surface area contributed by atoms with Crippen LogP contribution in [-0.2, 0) is 9.31 Å². The summed E-state index contributed by atoms with van der Waals surface area (Å²) in [6.45, 7) is 8.38. The van der Waals surface area contributed by atoms with Crippen LogP contribution in [0, 0.1) is 0 Å². The molecule has 3 heterocycles. The largest absolute Gasteiger partial charge is 1.00 e. The van der Waals surface area contributed by atoms with Gasteiger partial charge in [-0.25, -0.2) is 9.97 Å². The van der Waals surface area contributed by atoms with Gasteiger partial charge in [-0.15, -0.1) is 22.7 Å². The molecule has 0 amide bonds. The van der Waals surface area contributed by atoms with Crippen LogP contribution < -0.4 is 29.4 Å². The van der Waals surface area contributed by atoms with Crippen LogP contribution >= 0.6 is 38.6 Å². The highest BCUT2D eigenvalue weighted by Gasteiger charge is 2.51. The Morgan fingerprint density at radius 3 is 1.24 bits per heavy atom. The fourth-order valence-corrected chi connectivity index (χ4v) is 11.3. The summed E-state index contributed by atoms with van der Waals surface area (Å²) in [5.41, 5.74) is 3.72. The first-order valence-electron chi connectivity index (χ1n) is 21.5. The molecule has 1 aliphatic heterocycles. The molecule has 0 spiro atoms. The number of benzene rings is 10. The summed E-state index contributed by atoms with van der Waals surface area (Å²) >= 11 is 6.75. The number of aromatic nitrogens is 2. The van der Waals surface area contributed by atoms with Crippen LogP contribution in [-0.4, -0.2) is 28.3 Å². The zero-order chi connectivity index (χ0) is 43.6. The molecular formula is C57H46BBrIN2O2S2-. The van der Waals surface area contributed by atoms with Crippen molar-refractivity contribution in [1.82, 2.24) is 9.97 Å². The molecule has 0 aliphatic carbocycles. The Kier molecular flexibility index (Phi) is 12.8. The van der Waals surface area contributed by atoms with Gasteiger partial charge in [-0.05, 0) is 144 Å². The van der Waals surface area contributed by atoms with E-state index in [1.165, 1.54) is 79.6 Å². The van der Waals surface area contributed by atoms with E-state index in [1.807, 2.05) is 24.3 Å². The molecule has 9 heteroatoms. The van der Waals surface area contributed by atoms with Crippen molar-refractivity contribution in [3.05, 3.63) is 186 Å². The second kappa shape index (κ2) is 18.4. The molecule has 0 saturated carbocycles. The molecule has 0 N–H and O–H groups in total. The van der Waals surface area contributed by atoms with E-state index in [9.17, 15) is 0 Å². The van der Waals surface area contributed by atoms with Gasteiger partial charge < -0.3 is 33.3 Å². The number of hydrogen-bond donors (Lipinski definition) is 0. The van der Waals surface area contributed by atoms with Crippen molar-refractivity contribution < 1.29 is 33.3 Å². The summed E-state index contributed by atoms with van der Waals surface area (Å²) in [6.07, 6.45) is 0. The molecule has 0 atom stereocenters. The van der Waals surface area contributed by atoms with Crippen LogP contribution in [0.3, 0.4) is 0 Å². The zero-order valence-electron chi connectivity index (χ0n) is 36.2. The summed E-state index contributed by atoms with van der Waals surface area (Å²) in [7, 11) is -0.343. The topological polar surface area (TPSA) is 44.2 Å². The molecule has 0 bridgehead atoms. The fraction of sp³-hybridized carbons (Fsp3) is 0.123. The van der Waals surface area contributed by atoms with Gasteiger partial charge in [0.2, 0.25) is 0 Å². The number of thiazole rings is 2. The zero-order valence-corrected chi connectivity index (χ0v) is 41.6. The first-order chi connectivity index (χ1) is 31.1. The molecule has 1 aliphatic rings. The molecule has 1 fully saturated rings. The van der Waals surface area contributed by atoms with Crippen molar-refractivity contribution in [3.63, 3.8) is 0 Å². The van der Waals surface area contributed by atoms with Crippen LogP contribution in [0.15, 0.2) is 186 Å². The first kappa shape index (κ1) is 45.9. The lowest BCUT2D eigenvalue weighted by molar-refractivity contribution is -0.0000152. The summed E-state index contributed by atoms with van der Waals surface area (Å²) in [6, 6.07) is 64.5. The smallest absolute Gasteiger partial charge is 0.494 e. The van der Waals surface area contributed by atoms with Crippen molar-refractivity contribution in [2.75, 3.05) is 0 Å². The number of hydrogen-bond acceptors (Lipinski definition) is 6. The lowest BCUT2D eigenvalue weighted by Gasteiger charge is -2.32. The minimum atomic E-state index is -0.343. The normalized spacial score (nSPS) is 14.0. The second-order valence-corrected chi connectivity index (χ2v) is 20.6. The Balaban J connectivity index is 0.000000134. The van der Waals surface area contributed by atoms with Gasteiger partial charge in [0, 0.05) is 5.56 Å². The fourth-order valence-electron chi connectivity index (χ4n) is 8.93. The van der Waals surface area contributed by atoms with E-state index in [0.717, 1.165) is 25.4 Å². The molecule has 1 saturated heterocycles. The van der Waals surface area contributed by atoms with E-state index >= 15 is 0 Å². The molecule has 10 aromatic carbocycles. The van der Waals surface area contributed by atoms with Crippen molar-refractivity contribution in [1.29, 1.82) is 0 Å². The minimum absolute atomic E-state index is 0. The van der Waals surface area contributed by atoms with Gasteiger partial charge in [0.15, 0.2) is 3.92 Å². The van der Waals surface area contributed by atoms with Crippen molar-refractivity contribution in [3.8, 4) is 10.6 Å². The molecule has 66 heavy (non-hydrogen) atoms. The number of rotatable bonds is 2. The van der Waals surface area contributed by atoms with Crippen molar-refractivity contribution in [2.45, 2.75) is 46.3 Å². The van der Waals surface area contributed by atoms with E-state index in [-0.39, 0.29) is 49.7 Å². The maximum atomic E-state index is 6.28. The average Bonchev–Trinajstić information content (AvgIpc) is 4.00. The van der Waals surface area contributed by atoms with Gasteiger partial charge in [0.05, 0.1) is 31.6 Å². The molecular weight excluding hydrogens is 1030 g/mol. The van der Waals surface area contributed by atoms with Crippen LogP contribution in [0.5, 0.6) is 0 Å². The predicted molar refractivity (Wildman–Crippen MR) is 286 cm³/mol. The highest BCUT2D eigenvalue weighted by atomic mass is 127. The highest BCUT2D eigenvalue weighted by Crippen LogP contribution is 2.40. The van der Waals surface area contributed by atoms with Crippen LogP contribution in [0.4, 0.5) is 0 Å². The summed E-state index contributed by atoms with van der Waals surface area (Å²) in [5, 5.41) is 16.5. The predicted octanol–water partition coefficient (Wildman–Crippen LogP) is 13.6. The van der Waals surface area contributed by atoms with Crippen molar-refractivity contribution >= 4 is 136 Å². The van der Waals surface area contributed by atoms with E-state index in [4.69, 9.17) is 14.3 Å². The Morgan fingerprint density at radius 1 is 0.424 bits per heavy atom. The maximum absolute atomic E-state index is 6.28. The Hall–Kier alpha value is -5.27. The number of para-hydroxylation sites is 2. The third-order valence-electron chi connectivity index (χ3n) is 12.8. The van der Waals surface area contributed by atoms with E-state index in [2.05, 4.69) is 206 Å². The molecule has 0 unspecified atom stereocenters. The number of halogens is 2. The molecule has 4 nitrogen and oxygen atoms in total. The monoisotopic (exact) mass is 1070 g/mol. The van der Waals surface area contributed by atoms with E-state index < -0.39 is 0 Å². The van der Waals surface area contributed by atoms with Gasteiger partial charge in [0.1, 0.15) is 5.01 Å². The minimum Gasteiger partial charge on any atom is -1.00 e. The third-order valence-corrected chi connectivity index (χ3v) is 15.4. The molecule has 0 radical (unpaired) electrons. The van der Waals surface area contributed by atoms with Gasteiger partial charge in [-0.3, -0.25) is 0 Å². The molecule has 12 aromatic rings. The SMILES string of the molecule is Brc1nc2ccccc2s1.C.CC1(C)OB(c2ccc3c4ccccc4c4ccccc4c3c2)OC1(C)C.[I-].c1ccc2sc(-c3ccc4c5ccccc5c5ccccc5c4c3)nc2c1. The lowest BCUT2D eigenvalue weighted by atomic mass is 9.77. The first-order valence-corrected chi connectivity index (χ1v) is 23.9. The summed E-state index contributed by atoms with van der Waals surface area (Å²) in [5.74, 6) is 0. The van der Waals surface area contributed by atoms with Gasteiger partial charge in [-0.2, -0.15) is 0 Å². The van der Waals surface area contributed by atoms with Gasteiger partial charge >= 0.3 is 7.12 Å². The number of nitrogens with zero attached hydrogens (tertiary/aromatic N) is 2. The Morgan fingerprint density at radius 2 is 0.788 bits per heavy atom. The highest BCUT2D eigenvalue weighted by molar-refractivity contribution is 9.11. The standard InChI is InChI=1S/C25H15NS.C24H23BO2.C7H4BrNS.CH4.HI/c1-2-9-19-17(7-1)18-8-3-4-10-20(18)22-15-16(13-14-21(19)22)25-26-23-11-5-6-12-24(23)27-25;1-23(2)24(3,4)27-25(26-23)16-13-14-21-19-11-6-5-9-17(19)18-10-7-8-12-20(18)22(21)15-16;8-7-9-5-3-1-2-4-6(5)10-7;;/h1-15H;5-15H,1-4H3;1-4H;1H4;1H/p-1. The quantitative estimate of drug-likeness (QED) is 0.0983.